The molecule has 51 heavy (non-hydrogen) atoms. The lowest BCUT2D eigenvalue weighted by atomic mass is 10.0. The normalized spacial score (nSPS) is 12.5. The Morgan fingerprint density at radius 2 is 1.06 bits per heavy atom. The number of esters is 2. The van der Waals surface area contributed by atoms with Crippen molar-refractivity contribution in [3.05, 3.63) is 84.5 Å². The predicted octanol–water partition coefficient (Wildman–Crippen LogP) is 13.3. The van der Waals surface area contributed by atoms with E-state index in [0.717, 1.165) is 50.5 Å². The number of unbranched alkanes of at least 4 members (excludes halogenated alkanes) is 17. The molecule has 1 aromatic rings. The van der Waals surface area contributed by atoms with Gasteiger partial charge in [0.25, 0.3) is 0 Å². The minimum Gasteiger partial charge on any atom is -0.462 e. The van der Waals surface area contributed by atoms with Gasteiger partial charge in [-0.15, -0.1) is 0 Å². The van der Waals surface area contributed by atoms with Gasteiger partial charge in [0, 0.05) is 12.8 Å². The monoisotopic (exact) mass is 707 g/mol. The number of hydrogen-bond donors (Lipinski definition) is 0. The first-order valence-corrected chi connectivity index (χ1v) is 20.7. The van der Waals surface area contributed by atoms with Crippen molar-refractivity contribution in [2.75, 3.05) is 13.2 Å². The van der Waals surface area contributed by atoms with Crippen LogP contribution in [0.15, 0.2) is 78.9 Å². The molecule has 5 heteroatoms. The van der Waals surface area contributed by atoms with Gasteiger partial charge in [0.2, 0.25) is 0 Å². The number of allylic oxidation sites excluding steroid dienone is 8. The highest BCUT2D eigenvalue weighted by Crippen LogP contribution is 2.14. The van der Waals surface area contributed by atoms with Crippen molar-refractivity contribution < 1.29 is 23.8 Å². The van der Waals surface area contributed by atoms with Crippen LogP contribution in [0.4, 0.5) is 0 Å². The van der Waals surface area contributed by atoms with Gasteiger partial charge in [-0.2, -0.15) is 0 Å². The van der Waals surface area contributed by atoms with E-state index in [-0.39, 0.29) is 25.2 Å². The molecule has 1 atom stereocenters. The van der Waals surface area contributed by atoms with E-state index in [1.807, 2.05) is 30.3 Å². The molecule has 1 aromatic carbocycles. The molecule has 0 saturated heterocycles. The number of benzene rings is 1. The second kappa shape index (κ2) is 36.9. The lowest BCUT2D eigenvalue weighted by molar-refractivity contribution is -0.163. The molecule has 0 fully saturated rings. The van der Waals surface area contributed by atoms with Crippen molar-refractivity contribution >= 4 is 11.9 Å². The summed E-state index contributed by atoms with van der Waals surface area (Å²) in [5, 5.41) is 0. The van der Waals surface area contributed by atoms with E-state index in [0.29, 0.717) is 19.4 Å². The molecule has 0 aromatic heterocycles. The molecule has 0 bridgehead atoms. The van der Waals surface area contributed by atoms with Gasteiger partial charge >= 0.3 is 11.9 Å². The van der Waals surface area contributed by atoms with Gasteiger partial charge in [-0.1, -0.05) is 183 Å². The number of carbonyl (C=O) groups excluding carboxylic acids is 2. The van der Waals surface area contributed by atoms with Gasteiger partial charge < -0.3 is 14.2 Å². The number of hydrogen-bond acceptors (Lipinski definition) is 5. The minimum atomic E-state index is -0.613. The van der Waals surface area contributed by atoms with E-state index in [9.17, 15) is 9.59 Å². The van der Waals surface area contributed by atoms with Crippen LogP contribution in [0, 0.1) is 0 Å². The van der Waals surface area contributed by atoms with Gasteiger partial charge in [0.15, 0.2) is 6.10 Å². The lowest BCUT2D eigenvalue weighted by Gasteiger charge is -2.18. The van der Waals surface area contributed by atoms with E-state index in [4.69, 9.17) is 14.2 Å². The maximum absolute atomic E-state index is 12.6. The Morgan fingerprint density at radius 1 is 0.549 bits per heavy atom. The summed E-state index contributed by atoms with van der Waals surface area (Å²) in [6.45, 7) is 5.13. The molecule has 0 N–H and O–H groups in total. The lowest BCUT2D eigenvalue weighted by Crippen LogP contribution is -2.29. The second-order valence-corrected chi connectivity index (χ2v) is 13.8. The average Bonchev–Trinajstić information content (AvgIpc) is 3.14. The van der Waals surface area contributed by atoms with E-state index >= 15 is 0 Å². The van der Waals surface area contributed by atoms with E-state index in [2.05, 4.69) is 62.5 Å². The van der Waals surface area contributed by atoms with Crippen LogP contribution in [-0.2, 0) is 30.4 Å². The minimum absolute atomic E-state index is 0.0256. The number of rotatable bonds is 35. The third-order valence-corrected chi connectivity index (χ3v) is 8.87. The van der Waals surface area contributed by atoms with Crippen LogP contribution in [0.5, 0.6) is 0 Å². The Balaban J connectivity index is 2.23. The Labute approximate surface area is 313 Å². The highest BCUT2D eigenvalue weighted by Gasteiger charge is 2.17. The van der Waals surface area contributed by atoms with Crippen LogP contribution in [0.1, 0.15) is 174 Å². The summed E-state index contributed by atoms with van der Waals surface area (Å²) >= 11 is 0. The smallest absolute Gasteiger partial charge is 0.306 e. The summed E-state index contributed by atoms with van der Waals surface area (Å²) in [6.07, 6.45) is 43.6. The van der Waals surface area contributed by atoms with Crippen LogP contribution in [-0.4, -0.2) is 31.3 Å². The van der Waals surface area contributed by atoms with Crippen LogP contribution < -0.4 is 0 Å². The molecule has 0 heterocycles. The number of ether oxygens (including phenoxy) is 3. The topological polar surface area (TPSA) is 61.8 Å². The van der Waals surface area contributed by atoms with Gasteiger partial charge in [-0.25, -0.2) is 0 Å². The fourth-order valence-corrected chi connectivity index (χ4v) is 5.73. The molecule has 0 aliphatic heterocycles. The summed E-state index contributed by atoms with van der Waals surface area (Å²) in [7, 11) is 0. The largest absolute Gasteiger partial charge is 0.462 e. The first-order chi connectivity index (χ1) is 25.2. The van der Waals surface area contributed by atoms with Gasteiger partial charge in [0.1, 0.15) is 6.61 Å². The van der Waals surface area contributed by atoms with Crippen LogP contribution in [0.3, 0.4) is 0 Å². The Hall–Kier alpha value is -2.92. The highest BCUT2D eigenvalue weighted by molar-refractivity contribution is 5.70. The first-order valence-electron chi connectivity index (χ1n) is 20.7. The molecule has 0 unspecified atom stereocenters. The fraction of sp³-hybridized carbons (Fsp3) is 0.652. The fourth-order valence-electron chi connectivity index (χ4n) is 5.73. The maximum atomic E-state index is 12.6. The molecule has 288 valence electrons. The summed E-state index contributed by atoms with van der Waals surface area (Å²) in [4.78, 5) is 25.1. The summed E-state index contributed by atoms with van der Waals surface area (Å²) < 4.78 is 17.1. The third kappa shape index (κ3) is 32.7. The van der Waals surface area contributed by atoms with Gasteiger partial charge in [-0.3, -0.25) is 9.59 Å². The molecule has 0 saturated carbocycles. The molecular formula is C46H74O5. The van der Waals surface area contributed by atoms with E-state index in [1.165, 1.54) is 96.3 Å². The van der Waals surface area contributed by atoms with Crippen molar-refractivity contribution in [3.8, 4) is 0 Å². The van der Waals surface area contributed by atoms with Crippen LogP contribution >= 0.6 is 0 Å². The Bertz CT molecular complexity index is 1040. The van der Waals surface area contributed by atoms with Crippen LogP contribution in [0.25, 0.3) is 0 Å². The van der Waals surface area contributed by atoms with Crippen molar-refractivity contribution in [1.82, 2.24) is 0 Å². The maximum Gasteiger partial charge on any atom is 0.306 e. The van der Waals surface area contributed by atoms with E-state index in [1.54, 1.807) is 0 Å². The van der Waals surface area contributed by atoms with Crippen molar-refractivity contribution in [2.45, 2.75) is 181 Å². The zero-order chi connectivity index (χ0) is 36.7. The molecule has 0 spiro atoms. The first kappa shape index (κ1) is 46.1. The molecule has 0 radical (unpaired) electrons. The standard InChI is InChI=1S/C46H74O5/c1-3-5-7-9-11-13-15-17-18-19-20-22-24-26-28-30-35-39-46(48)51-44(41-49-40-43-36-32-31-33-37-43)42-50-45(47)38-34-29-27-25-23-21-16-14-12-10-8-6-4-2/h11,13,17-18,20,22,24,26,31-33,36-37,44H,3-10,12,14-16,19,21,23,25,27-30,34-35,38-42H2,1-2H3/b13-11-,18-17-,22-20-,26-24-/t44-/m1/s1. The molecule has 5 nitrogen and oxygen atoms in total. The van der Waals surface area contributed by atoms with E-state index < -0.39 is 6.10 Å². The van der Waals surface area contributed by atoms with Crippen molar-refractivity contribution in [3.63, 3.8) is 0 Å². The predicted molar refractivity (Wildman–Crippen MR) is 216 cm³/mol. The quantitative estimate of drug-likeness (QED) is 0.0304. The van der Waals surface area contributed by atoms with Crippen molar-refractivity contribution in [1.29, 1.82) is 0 Å². The molecular weight excluding hydrogens is 633 g/mol. The molecule has 0 amide bonds. The average molecular weight is 707 g/mol. The Morgan fingerprint density at radius 3 is 1.75 bits per heavy atom. The SMILES string of the molecule is CCCCC/C=C\C/C=C\C/C=C\C=C/CCCCC(=O)O[C@H](COCc1ccccc1)COC(=O)CCCCCCCCCCCCCCC. The number of carbonyl (C=O) groups is 2. The van der Waals surface area contributed by atoms with Gasteiger partial charge in [-0.05, 0) is 56.9 Å². The molecule has 0 aliphatic carbocycles. The molecule has 1 rings (SSSR count). The second-order valence-electron chi connectivity index (χ2n) is 13.8. The van der Waals surface area contributed by atoms with Gasteiger partial charge in [0.05, 0.1) is 13.2 Å². The summed E-state index contributed by atoms with van der Waals surface area (Å²) in [6, 6.07) is 9.88. The zero-order valence-electron chi connectivity index (χ0n) is 32.7. The summed E-state index contributed by atoms with van der Waals surface area (Å²) in [5.74, 6) is -0.508. The summed E-state index contributed by atoms with van der Waals surface area (Å²) in [5.41, 5.74) is 1.04. The van der Waals surface area contributed by atoms with Crippen LogP contribution in [0.2, 0.25) is 0 Å². The zero-order valence-corrected chi connectivity index (χ0v) is 32.7. The van der Waals surface area contributed by atoms with Crippen molar-refractivity contribution in [2.24, 2.45) is 0 Å². The molecule has 0 aliphatic rings. The highest BCUT2D eigenvalue weighted by atomic mass is 16.6. The third-order valence-electron chi connectivity index (χ3n) is 8.87. The Kier molecular flexibility index (Phi) is 33.3.